The summed E-state index contributed by atoms with van der Waals surface area (Å²) in [4.78, 5) is 17.4. The molecule has 2 heterocycles. The Morgan fingerprint density at radius 3 is 2.37 bits per heavy atom. The van der Waals surface area contributed by atoms with E-state index < -0.39 is 0 Å². The second-order valence-electron chi connectivity index (χ2n) is 7.57. The van der Waals surface area contributed by atoms with Crippen LogP contribution in [0.15, 0.2) is 60.8 Å². The van der Waals surface area contributed by atoms with Crippen LogP contribution in [-0.4, -0.2) is 65.8 Å². The summed E-state index contributed by atoms with van der Waals surface area (Å²) in [5.74, 6) is 0.550. The fourth-order valence-electron chi connectivity index (χ4n) is 3.48. The highest BCUT2D eigenvalue weighted by atomic mass is 16.5. The topological polar surface area (TPSA) is 62.6 Å². The molecule has 0 spiro atoms. The predicted octanol–water partition coefficient (Wildman–Crippen LogP) is 2.88. The number of hydrogen-bond donors (Lipinski definition) is 1. The second kappa shape index (κ2) is 9.11. The van der Waals surface area contributed by atoms with E-state index in [-0.39, 0.29) is 5.91 Å². The Morgan fingerprint density at radius 2 is 1.70 bits per heavy atom. The quantitative estimate of drug-likeness (QED) is 0.683. The summed E-state index contributed by atoms with van der Waals surface area (Å²) in [5, 5.41) is 7.31. The van der Waals surface area contributed by atoms with Crippen molar-refractivity contribution in [2.24, 2.45) is 0 Å². The third-order valence-corrected chi connectivity index (χ3v) is 5.37. The first-order valence-electron chi connectivity index (χ1n) is 10.1. The van der Waals surface area contributed by atoms with Crippen LogP contribution < -0.4 is 10.1 Å². The third kappa shape index (κ3) is 4.87. The van der Waals surface area contributed by atoms with E-state index in [1.807, 2.05) is 36.4 Å². The van der Waals surface area contributed by atoms with E-state index in [9.17, 15) is 4.79 Å². The number of nitrogens with zero attached hydrogens (tertiary/aromatic N) is 4. The number of piperazine rings is 1. The average molecular weight is 406 g/mol. The van der Waals surface area contributed by atoms with Crippen LogP contribution >= 0.6 is 0 Å². The Morgan fingerprint density at radius 1 is 1.00 bits per heavy atom. The summed E-state index contributed by atoms with van der Waals surface area (Å²) in [7, 11) is 3.79. The molecule has 0 unspecified atom stereocenters. The van der Waals surface area contributed by atoms with Gasteiger partial charge in [0, 0.05) is 44.6 Å². The van der Waals surface area contributed by atoms with Gasteiger partial charge in [0.15, 0.2) is 5.69 Å². The number of anilines is 1. The van der Waals surface area contributed by atoms with E-state index in [1.165, 1.54) is 5.56 Å². The lowest BCUT2D eigenvalue weighted by Crippen LogP contribution is -2.43. The van der Waals surface area contributed by atoms with E-state index in [2.05, 4.69) is 39.4 Å². The molecule has 1 fully saturated rings. The normalized spacial score (nSPS) is 15.1. The molecule has 0 aliphatic carbocycles. The molecule has 30 heavy (non-hydrogen) atoms. The van der Waals surface area contributed by atoms with Gasteiger partial charge in [-0.1, -0.05) is 12.1 Å². The molecule has 0 atom stereocenters. The van der Waals surface area contributed by atoms with Crippen LogP contribution in [0.5, 0.6) is 5.75 Å². The molecular formula is C23H27N5O2. The summed E-state index contributed by atoms with van der Waals surface area (Å²) in [6.07, 6.45) is 1.77. The van der Waals surface area contributed by atoms with Crippen LogP contribution in [0.4, 0.5) is 5.69 Å². The minimum Gasteiger partial charge on any atom is -0.497 e. The molecular weight excluding hydrogens is 378 g/mol. The van der Waals surface area contributed by atoms with Crippen molar-refractivity contribution in [1.82, 2.24) is 19.6 Å². The minimum absolute atomic E-state index is 0.228. The van der Waals surface area contributed by atoms with Crippen LogP contribution in [0, 0.1) is 0 Å². The fraction of sp³-hybridized carbons (Fsp3) is 0.304. The molecule has 7 heteroatoms. The zero-order valence-corrected chi connectivity index (χ0v) is 17.4. The number of likely N-dealkylation sites (N-methyl/N-ethyl adjacent to an activating group) is 1. The largest absolute Gasteiger partial charge is 0.497 e. The van der Waals surface area contributed by atoms with Crippen molar-refractivity contribution in [1.29, 1.82) is 0 Å². The van der Waals surface area contributed by atoms with Crippen molar-refractivity contribution >= 4 is 11.6 Å². The predicted molar refractivity (Wildman–Crippen MR) is 117 cm³/mol. The monoisotopic (exact) mass is 405 g/mol. The van der Waals surface area contributed by atoms with Gasteiger partial charge in [-0.25, -0.2) is 4.68 Å². The number of amides is 1. The Balaban J connectivity index is 1.35. The van der Waals surface area contributed by atoms with E-state index in [0.717, 1.165) is 49.8 Å². The molecule has 1 aromatic heterocycles. The Labute approximate surface area is 176 Å². The molecule has 0 radical (unpaired) electrons. The van der Waals surface area contributed by atoms with E-state index in [4.69, 9.17) is 4.74 Å². The van der Waals surface area contributed by atoms with Crippen LogP contribution in [0.25, 0.3) is 5.69 Å². The van der Waals surface area contributed by atoms with Gasteiger partial charge >= 0.3 is 0 Å². The lowest BCUT2D eigenvalue weighted by molar-refractivity contribution is 0.102. The van der Waals surface area contributed by atoms with Gasteiger partial charge in [-0.05, 0) is 55.1 Å². The molecule has 1 aliphatic rings. The molecule has 0 bridgehead atoms. The van der Waals surface area contributed by atoms with E-state index >= 15 is 0 Å². The first-order valence-corrected chi connectivity index (χ1v) is 10.1. The molecule has 2 aromatic carbocycles. The third-order valence-electron chi connectivity index (χ3n) is 5.37. The molecule has 1 aliphatic heterocycles. The second-order valence-corrected chi connectivity index (χ2v) is 7.57. The highest BCUT2D eigenvalue weighted by Crippen LogP contribution is 2.16. The number of rotatable bonds is 6. The number of ether oxygens (including phenoxy) is 1. The molecule has 156 valence electrons. The van der Waals surface area contributed by atoms with Gasteiger partial charge in [0.05, 0.1) is 12.8 Å². The van der Waals surface area contributed by atoms with Crippen LogP contribution in [0.1, 0.15) is 16.1 Å². The maximum absolute atomic E-state index is 12.6. The maximum atomic E-state index is 12.6. The highest BCUT2D eigenvalue weighted by molar-refractivity contribution is 6.02. The number of methoxy groups -OCH3 is 1. The number of nitrogens with one attached hydrogen (secondary N) is 1. The van der Waals surface area contributed by atoms with Gasteiger partial charge in [-0.3, -0.25) is 9.69 Å². The lowest BCUT2D eigenvalue weighted by atomic mass is 10.1. The minimum atomic E-state index is -0.228. The molecule has 1 saturated heterocycles. The van der Waals surface area contributed by atoms with Crippen molar-refractivity contribution in [3.8, 4) is 11.4 Å². The molecule has 7 nitrogen and oxygen atoms in total. The summed E-state index contributed by atoms with van der Waals surface area (Å²) in [6, 6.07) is 17.3. The first kappa shape index (κ1) is 20.1. The summed E-state index contributed by atoms with van der Waals surface area (Å²) >= 11 is 0. The summed E-state index contributed by atoms with van der Waals surface area (Å²) in [6.45, 7) is 5.33. The fourth-order valence-corrected chi connectivity index (χ4v) is 3.48. The summed E-state index contributed by atoms with van der Waals surface area (Å²) < 4.78 is 6.85. The lowest BCUT2D eigenvalue weighted by Gasteiger charge is -2.32. The van der Waals surface area contributed by atoms with Gasteiger partial charge in [0.25, 0.3) is 5.91 Å². The van der Waals surface area contributed by atoms with Gasteiger partial charge in [-0.15, -0.1) is 0 Å². The summed E-state index contributed by atoms with van der Waals surface area (Å²) in [5.41, 5.74) is 3.25. The van der Waals surface area contributed by atoms with Crippen molar-refractivity contribution in [2.45, 2.75) is 6.54 Å². The Bertz CT molecular complexity index is 974. The number of benzene rings is 2. The molecule has 1 N–H and O–H groups in total. The zero-order chi connectivity index (χ0) is 20.9. The maximum Gasteiger partial charge on any atom is 0.276 e. The van der Waals surface area contributed by atoms with Gasteiger partial charge < -0.3 is 15.0 Å². The zero-order valence-electron chi connectivity index (χ0n) is 17.4. The first-order chi connectivity index (χ1) is 14.6. The number of aromatic nitrogens is 2. The van der Waals surface area contributed by atoms with Crippen LogP contribution in [-0.2, 0) is 6.54 Å². The molecule has 1 amide bonds. The van der Waals surface area contributed by atoms with E-state index in [0.29, 0.717) is 5.69 Å². The standard InChI is InChI=1S/C23H27N5O2/c1-26-13-15-27(16-14-26)17-18-3-5-19(6-4-18)24-23(29)22-11-12-28(25-22)20-7-9-21(30-2)10-8-20/h3-12H,13-17H2,1-2H3,(H,24,29). The van der Waals surface area contributed by atoms with Crippen molar-refractivity contribution in [3.05, 3.63) is 72.1 Å². The van der Waals surface area contributed by atoms with Gasteiger partial charge in [0.1, 0.15) is 5.75 Å². The van der Waals surface area contributed by atoms with Crippen molar-refractivity contribution < 1.29 is 9.53 Å². The molecule has 0 saturated carbocycles. The Kier molecular flexibility index (Phi) is 6.11. The van der Waals surface area contributed by atoms with Gasteiger partial charge in [0.2, 0.25) is 0 Å². The molecule has 3 aromatic rings. The number of carbonyl (C=O) groups is 1. The molecule has 4 rings (SSSR count). The highest BCUT2D eigenvalue weighted by Gasteiger charge is 2.14. The average Bonchev–Trinajstić information content (AvgIpc) is 3.27. The Hall–Kier alpha value is -3.16. The smallest absolute Gasteiger partial charge is 0.276 e. The van der Waals surface area contributed by atoms with Crippen LogP contribution in [0.3, 0.4) is 0 Å². The van der Waals surface area contributed by atoms with Crippen molar-refractivity contribution in [3.63, 3.8) is 0 Å². The van der Waals surface area contributed by atoms with E-state index in [1.54, 1.807) is 24.1 Å². The van der Waals surface area contributed by atoms with Crippen LogP contribution in [0.2, 0.25) is 0 Å². The SMILES string of the molecule is COc1ccc(-n2ccc(C(=O)Nc3ccc(CN4CCN(C)CC4)cc3)n2)cc1. The van der Waals surface area contributed by atoms with Crippen molar-refractivity contribution in [2.75, 3.05) is 45.7 Å². The number of hydrogen-bond acceptors (Lipinski definition) is 5. The number of carbonyl (C=O) groups excluding carboxylic acids is 1. The van der Waals surface area contributed by atoms with Gasteiger partial charge in [-0.2, -0.15) is 5.10 Å².